The normalized spacial score (nSPS) is 15.4. The average molecular weight is 509 g/mol. The highest BCUT2D eigenvalue weighted by Gasteiger charge is 2.30. The number of pyridine rings is 1. The fourth-order valence-electron chi connectivity index (χ4n) is 4.87. The van der Waals surface area contributed by atoms with Gasteiger partial charge in [0.1, 0.15) is 28.7 Å². The zero-order valence-electron chi connectivity index (χ0n) is 21.3. The van der Waals surface area contributed by atoms with Crippen LogP contribution in [0.1, 0.15) is 54.4 Å². The highest BCUT2D eigenvalue weighted by molar-refractivity contribution is 6.04. The van der Waals surface area contributed by atoms with Gasteiger partial charge >= 0.3 is 0 Å². The molecule has 10 nitrogen and oxygen atoms in total. The fraction of sp³-hybridized carbons (Fsp3) is 0.286. The lowest BCUT2D eigenvalue weighted by atomic mass is 9.96. The summed E-state index contributed by atoms with van der Waals surface area (Å²) in [6.07, 6.45) is 6.80. The molecule has 38 heavy (non-hydrogen) atoms. The molecule has 1 unspecified atom stereocenters. The highest BCUT2D eigenvalue weighted by atomic mass is 16.2. The van der Waals surface area contributed by atoms with Gasteiger partial charge in [-0.2, -0.15) is 5.26 Å². The molecule has 192 valence electrons. The minimum atomic E-state index is -0.340. The molecule has 4 aromatic rings. The van der Waals surface area contributed by atoms with Crippen molar-refractivity contribution in [2.24, 2.45) is 5.92 Å². The number of aromatic nitrogens is 4. The molecule has 4 heterocycles. The number of hydrogen-bond acceptors (Lipinski definition) is 7. The predicted octanol–water partition coefficient (Wildman–Crippen LogP) is 3.86. The summed E-state index contributed by atoms with van der Waals surface area (Å²) in [5.74, 6) is 1.33. The van der Waals surface area contributed by atoms with Crippen LogP contribution in [0, 0.1) is 17.2 Å². The molecule has 1 saturated heterocycles. The molecular formula is C28H28N8O2. The Hall–Kier alpha value is -4.78. The van der Waals surface area contributed by atoms with Gasteiger partial charge in [0.2, 0.25) is 5.91 Å². The highest BCUT2D eigenvalue weighted by Crippen LogP contribution is 2.34. The molecule has 1 aliphatic heterocycles. The third-order valence-corrected chi connectivity index (χ3v) is 6.75. The molecule has 3 N–H and O–H groups in total. The van der Waals surface area contributed by atoms with E-state index in [-0.39, 0.29) is 23.7 Å². The van der Waals surface area contributed by atoms with Gasteiger partial charge in [0.15, 0.2) is 0 Å². The third kappa shape index (κ3) is 4.78. The first-order chi connectivity index (χ1) is 18.4. The third-order valence-electron chi connectivity index (χ3n) is 6.75. The second-order valence-electron chi connectivity index (χ2n) is 9.70. The summed E-state index contributed by atoms with van der Waals surface area (Å²) in [5, 5.41) is 11.8. The van der Waals surface area contributed by atoms with E-state index in [9.17, 15) is 9.59 Å². The number of benzene rings is 1. The summed E-state index contributed by atoms with van der Waals surface area (Å²) in [5.41, 5.74) is 9.32. The van der Waals surface area contributed by atoms with E-state index < -0.39 is 0 Å². The van der Waals surface area contributed by atoms with Crippen molar-refractivity contribution in [3.63, 3.8) is 0 Å². The summed E-state index contributed by atoms with van der Waals surface area (Å²) in [6.45, 7) is 5.21. The van der Waals surface area contributed by atoms with E-state index in [1.165, 1.54) is 12.3 Å². The second-order valence-corrected chi connectivity index (χ2v) is 9.70. The van der Waals surface area contributed by atoms with Gasteiger partial charge < -0.3 is 16.0 Å². The van der Waals surface area contributed by atoms with Gasteiger partial charge in [-0.3, -0.25) is 14.0 Å². The van der Waals surface area contributed by atoms with Crippen molar-refractivity contribution in [1.29, 1.82) is 5.26 Å². The predicted molar refractivity (Wildman–Crippen MR) is 143 cm³/mol. The van der Waals surface area contributed by atoms with Crippen LogP contribution >= 0.6 is 0 Å². The zero-order chi connectivity index (χ0) is 26.8. The molecule has 3 aromatic heterocycles. The van der Waals surface area contributed by atoms with E-state index in [1.807, 2.05) is 47.5 Å². The number of nitrogens with zero attached hydrogens (tertiary/aromatic N) is 6. The van der Waals surface area contributed by atoms with Gasteiger partial charge in [-0.1, -0.05) is 26.0 Å². The minimum absolute atomic E-state index is 0.0528. The number of carbonyl (C=O) groups is 2. The van der Waals surface area contributed by atoms with Crippen LogP contribution in [0.3, 0.4) is 0 Å². The van der Waals surface area contributed by atoms with Crippen molar-refractivity contribution in [1.82, 2.24) is 24.3 Å². The van der Waals surface area contributed by atoms with Crippen LogP contribution in [-0.2, 0) is 4.79 Å². The van der Waals surface area contributed by atoms with Crippen LogP contribution in [0.4, 0.5) is 11.6 Å². The lowest BCUT2D eigenvalue weighted by Crippen LogP contribution is -2.41. The average Bonchev–Trinajstić information content (AvgIpc) is 3.34. The Morgan fingerprint density at radius 2 is 1.95 bits per heavy atom. The maximum atomic E-state index is 12.8. The Morgan fingerprint density at radius 1 is 1.16 bits per heavy atom. The number of amides is 2. The smallest absolute Gasteiger partial charge is 0.256 e. The maximum absolute atomic E-state index is 12.8. The number of nitrogens with one attached hydrogen (secondary N) is 1. The van der Waals surface area contributed by atoms with E-state index >= 15 is 0 Å². The van der Waals surface area contributed by atoms with E-state index in [4.69, 9.17) is 16.0 Å². The lowest BCUT2D eigenvalue weighted by molar-refractivity contribution is -0.135. The number of hydrogen-bond donors (Lipinski definition) is 2. The standard InChI is InChI=1S/C28H28N8O2/c1-17(2)28(38)35-12-3-4-21(16-35)26-34-23(24-25(30)32-11-13-36(24)26)19-5-7-20(8-6-19)27(37)33-22-14-18(15-29)9-10-31-22/h5-11,13-14,17,21H,3-4,12,16H2,1-2H3,(H2,30,32)(H,31,33,37). The molecule has 1 fully saturated rings. The molecule has 0 radical (unpaired) electrons. The van der Waals surface area contributed by atoms with Crippen LogP contribution < -0.4 is 11.1 Å². The molecule has 0 spiro atoms. The van der Waals surface area contributed by atoms with E-state index in [2.05, 4.69) is 15.3 Å². The van der Waals surface area contributed by atoms with Gasteiger partial charge in [-0.15, -0.1) is 0 Å². The molecule has 5 rings (SSSR count). The van der Waals surface area contributed by atoms with Crippen LogP contribution in [0.15, 0.2) is 55.0 Å². The number of imidazole rings is 1. The van der Waals surface area contributed by atoms with Crippen LogP contribution in [0.5, 0.6) is 0 Å². The van der Waals surface area contributed by atoms with Crippen molar-refractivity contribution >= 4 is 29.0 Å². The Bertz CT molecular complexity index is 1550. The molecule has 0 bridgehead atoms. The fourth-order valence-corrected chi connectivity index (χ4v) is 4.87. The number of anilines is 2. The monoisotopic (exact) mass is 508 g/mol. The number of nitriles is 1. The van der Waals surface area contributed by atoms with Crippen LogP contribution in [0.25, 0.3) is 16.8 Å². The van der Waals surface area contributed by atoms with Gasteiger partial charge in [-0.25, -0.2) is 15.0 Å². The van der Waals surface area contributed by atoms with Gasteiger partial charge in [0.25, 0.3) is 5.91 Å². The van der Waals surface area contributed by atoms with Crippen molar-refractivity contribution < 1.29 is 9.59 Å². The molecule has 2 amide bonds. The van der Waals surface area contributed by atoms with Crippen molar-refractivity contribution in [2.45, 2.75) is 32.6 Å². The maximum Gasteiger partial charge on any atom is 0.256 e. The van der Waals surface area contributed by atoms with Crippen molar-refractivity contribution in [2.75, 3.05) is 24.1 Å². The molecule has 1 aromatic carbocycles. The number of fused-ring (bicyclic) bond motifs is 1. The molecule has 0 aliphatic carbocycles. The van der Waals surface area contributed by atoms with Crippen molar-refractivity contribution in [3.8, 4) is 17.3 Å². The minimum Gasteiger partial charge on any atom is -0.382 e. The van der Waals surface area contributed by atoms with Crippen molar-refractivity contribution in [3.05, 3.63) is 71.9 Å². The first kappa shape index (κ1) is 24.9. The quantitative estimate of drug-likeness (QED) is 0.417. The molecule has 1 aliphatic rings. The number of nitrogen functional groups attached to an aromatic ring is 1. The number of piperidine rings is 1. The Labute approximate surface area is 220 Å². The summed E-state index contributed by atoms with van der Waals surface area (Å²) in [6, 6.07) is 12.2. The van der Waals surface area contributed by atoms with Crippen LogP contribution in [-0.4, -0.2) is 49.2 Å². The lowest BCUT2D eigenvalue weighted by Gasteiger charge is -2.33. The Morgan fingerprint density at radius 3 is 2.68 bits per heavy atom. The van der Waals surface area contributed by atoms with Gasteiger partial charge in [0.05, 0.1) is 11.6 Å². The Balaban J connectivity index is 1.44. The first-order valence-corrected chi connectivity index (χ1v) is 12.5. The number of nitrogens with two attached hydrogens (primary N) is 1. The SMILES string of the molecule is CC(C)C(=O)N1CCCC(c2nc(-c3ccc(C(=O)Nc4cc(C#N)ccn4)cc3)c3c(N)nccn23)C1. The number of rotatable bonds is 5. The van der Waals surface area contributed by atoms with Gasteiger partial charge in [0, 0.05) is 54.6 Å². The molecular weight excluding hydrogens is 480 g/mol. The number of likely N-dealkylation sites (tertiary alicyclic amines) is 1. The second kappa shape index (κ2) is 10.3. The summed E-state index contributed by atoms with van der Waals surface area (Å²) >= 11 is 0. The molecule has 10 heteroatoms. The van der Waals surface area contributed by atoms with Gasteiger partial charge in [-0.05, 0) is 37.1 Å². The number of carbonyl (C=O) groups excluding carboxylic acids is 2. The summed E-state index contributed by atoms with van der Waals surface area (Å²) in [7, 11) is 0. The van der Waals surface area contributed by atoms with E-state index in [0.29, 0.717) is 40.5 Å². The summed E-state index contributed by atoms with van der Waals surface area (Å²) in [4.78, 5) is 40.7. The first-order valence-electron chi connectivity index (χ1n) is 12.5. The Kier molecular flexibility index (Phi) is 6.75. The molecule has 0 saturated carbocycles. The van der Waals surface area contributed by atoms with E-state index in [1.54, 1.807) is 24.4 Å². The summed E-state index contributed by atoms with van der Waals surface area (Å²) < 4.78 is 1.97. The molecule has 1 atom stereocenters. The van der Waals surface area contributed by atoms with Crippen LogP contribution in [0.2, 0.25) is 0 Å². The van der Waals surface area contributed by atoms with E-state index in [0.717, 1.165) is 30.8 Å². The topological polar surface area (TPSA) is 142 Å². The zero-order valence-corrected chi connectivity index (χ0v) is 21.3. The largest absolute Gasteiger partial charge is 0.382 e.